The van der Waals surface area contributed by atoms with Gasteiger partial charge in [-0.3, -0.25) is 4.98 Å². The van der Waals surface area contributed by atoms with Crippen LogP contribution in [0.5, 0.6) is 0 Å². The van der Waals surface area contributed by atoms with Gasteiger partial charge < -0.3 is 5.73 Å². The normalized spacial score (nSPS) is 10.8. The van der Waals surface area contributed by atoms with Crippen molar-refractivity contribution in [1.29, 1.82) is 0 Å². The number of alkyl halides is 3. The lowest BCUT2D eigenvalue weighted by atomic mass is 10.1. The van der Waals surface area contributed by atoms with Crippen LogP contribution in [0, 0.1) is 6.92 Å². The predicted molar refractivity (Wildman–Crippen MR) is 51.0 cm³/mol. The summed E-state index contributed by atoms with van der Waals surface area (Å²) in [6.45, 7) is 1.55. The fourth-order valence-electron chi connectivity index (χ4n) is 1.01. The summed E-state index contributed by atoms with van der Waals surface area (Å²) in [4.78, 5) is 3.96. The molecule has 5 heteroatoms. The summed E-state index contributed by atoms with van der Waals surface area (Å²) in [6.07, 6.45) is -2.51. The van der Waals surface area contributed by atoms with E-state index in [0.717, 1.165) is 0 Å². The molecule has 0 saturated heterocycles. The van der Waals surface area contributed by atoms with Crippen molar-refractivity contribution < 1.29 is 8.78 Å². The number of aromatic nitrogens is 1. The van der Waals surface area contributed by atoms with Crippen molar-refractivity contribution in [2.45, 2.75) is 18.7 Å². The molecule has 0 unspecified atom stereocenters. The Bertz CT molecular complexity index is 315. The molecule has 0 aliphatic carbocycles. The highest BCUT2D eigenvalue weighted by atomic mass is 79.9. The summed E-state index contributed by atoms with van der Waals surface area (Å²) in [5, 5.41) is 0.475. The molecule has 2 N–H and O–H groups in total. The zero-order valence-corrected chi connectivity index (χ0v) is 8.61. The van der Waals surface area contributed by atoms with Crippen molar-refractivity contribution in [3.63, 3.8) is 0 Å². The van der Waals surface area contributed by atoms with Crippen LogP contribution in [-0.4, -0.2) is 4.98 Å². The number of halogens is 3. The maximum atomic E-state index is 12.3. The standard InChI is InChI=1S/C8H9BrF2N2/c1-4-5(8(10)11)2-6(12)7(3-9)13-4/h2,8H,3,12H2,1H3. The molecule has 0 fully saturated rings. The third-order valence-corrected chi connectivity index (χ3v) is 2.26. The van der Waals surface area contributed by atoms with Crippen LogP contribution in [0.15, 0.2) is 6.07 Å². The molecule has 0 amide bonds. The number of nitrogens with zero attached hydrogens (tertiary/aromatic N) is 1. The Balaban J connectivity index is 3.20. The van der Waals surface area contributed by atoms with Gasteiger partial charge in [-0.2, -0.15) is 0 Å². The van der Waals surface area contributed by atoms with Crippen LogP contribution < -0.4 is 5.73 Å². The second-order valence-corrected chi connectivity index (χ2v) is 3.19. The predicted octanol–water partition coefficient (Wildman–Crippen LogP) is 2.80. The first-order chi connectivity index (χ1) is 6.06. The largest absolute Gasteiger partial charge is 0.397 e. The molecule has 0 aromatic carbocycles. The van der Waals surface area contributed by atoms with Gasteiger partial charge in [-0.1, -0.05) is 15.9 Å². The van der Waals surface area contributed by atoms with E-state index in [1.54, 1.807) is 6.92 Å². The second-order valence-electron chi connectivity index (χ2n) is 2.63. The highest BCUT2D eigenvalue weighted by Gasteiger charge is 2.13. The SMILES string of the molecule is Cc1nc(CBr)c(N)cc1C(F)F. The van der Waals surface area contributed by atoms with Crippen molar-refractivity contribution in [2.75, 3.05) is 5.73 Å². The van der Waals surface area contributed by atoms with Gasteiger partial charge in [0.2, 0.25) is 0 Å². The molecule has 2 nitrogen and oxygen atoms in total. The number of anilines is 1. The molecule has 1 aromatic heterocycles. The first kappa shape index (κ1) is 10.4. The molecule has 0 aliphatic rings. The third-order valence-electron chi connectivity index (χ3n) is 1.73. The molecule has 0 spiro atoms. The molecule has 0 aliphatic heterocycles. The summed E-state index contributed by atoms with van der Waals surface area (Å²) >= 11 is 3.17. The van der Waals surface area contributed by atoms with Gasteiger partial charge in [-0.05, 0) is 13.0 Å². The molecule has 13 heavy (non-hydrogen) atoms. The molecule has 1 aromatic rings. The number of rotatable bonds is 2. The molecule has 0 bridgehead atoms. The number of pyridine rings is 1. The maximum absolute atomic E-state index is 12.3. The molecular formula is C8H9BrF2N2. The minimum atomic E-state index is -2.51. The van der Waals surface area contributed by atoms with Gasteiger partial charge in [0.15, 0.2) is 0 Å². The molecule has 1 rings (SSSR count). The minimum absolute atomic E-state index is 0.0952. The quantitative estimate of drug-likeness (QED) is 0.821. The van der Waals surface area contributed by atoms with Gasteiger partial charge in [0.1, 0.15) is 0 Å². The zero-order chi connectivity index (χ0) is 10.0. The van der Waals surface area contributed by atoms with Crippen LogP contribution in [0.3, 0.4) is 0 Å². The molecule has 0 radical (unpaired) electrons. The van der Waals surface area contributed by atoms with E-state index >= 15 is 0 Å². The number of nitrogens with two attached hydrogens (primary N) is 1. The average molecular weight is 251 g/mol. The highest BCUT2D eigenvalue weighted by molar-refractivity contribution is 9.08. The molecule has 0 saturated carbocycles. The second kappa shape index (κ2) is 4.00. The Morgan fingerprint density at radius 3 is 2.69 bits per heavy atom. The fourth-order valence-corrected chi connectivity index (χ4v) is 1.46. The van der Waals surface area contributed by atoms with E-state index in [9.17, 15) is 8.78 Å². The van der Waals surface area contributed by atoms with Crippen LogP contribution in [0.2, 0.25) is 0 Å². The first-order valence-corrected chi connectivity index (χ1v) is 4.78. The van der Waals surface area contributed by atoms with E-state index in [4.69, 9.17) is 5.73 Å². The minimum Gasteiger partial charge on any atom is -0.397 e. The zero-order valence-electron chi connectivity index (χ0n) is 7.02. The van der Waals surface area contributed by atoms with E-state index in [-0.39, 0.29) is 5.56 Å². The fraction of sp³-hybridized carbons (Fsp3) is 0.375. The number of hydrogen-bond donors (Lipinski definition) is 1. The molecule has 1 heterocycles. The Morgan fingerprint density at radius 1 is 1.62 bits per heavy atom. The van der Waals surface area contributed by atoms with Crippen molar-refractivity contribution in [1.82, 2.24) is 4.98 Å². The Morgan fingerprint density at radius 2 is 2.23 bits per heavy atom. The van der Waals surface area contributed by atoms with Crippen LogP contribution >= 0.6 is 15.9 Å². The van der Waals surface area contributed by atoms with Gasteiger partial charge in [-0.25, -0.2) is 8.78 Å². The summed E-state index contributed by atoms with van der Waals surface area (Å²) in [5.74, 6) is 0. The van der Waals surface area contributed by atoms with Crippen molar-refractivity contribution >= 4 is 21.6 Å². The van der Waals surface area contributed by atoms with E-state index < -0.39 is 6.43 Å². The van der Waals surface area contributed by atoms with Gasteiger partial charge in [0.05, 0.1) is 11.4 Å². The number of aryl methyl sites for hydroxylation is 1. The van der Waals surface area contributed by atoms with Gasteiger partial charge in [-0.15, -0.1) is 0 Å². The van der Waals surface area contributed by atoms with Crippen molar-refractivity contribution in [3.05, 3.63) is 23.0 Å². The molecule has 0 atom stereocenters. The summed E-state index contributed by atoms with van der Waals surface area (Å²) in [6, 6.07) is 1.28. The van der Waals surface area contributed by atoms with E-state index in [0.29, 0.717) is 22.4 Å². The number of hydrogen-bond acceptors (Lipinski definition) is 2. The smallest absolute Gasteiger partial charge is 0.265 e. The van der Waals surface area contributed by atoms with Crippen LogP contribution in [0.25, 0.3) is 0 Å². The average Bonchev–Trinajstić information content (AvgIpc) is 2.07. The van der Waals surface area contributed by atoms with Gasteiger partial charge in [0.25, 0.3) is 6.43 Å². The van der Waals surface area contributed by atoms with E-state index in [1.807, 2.05) is 0 Å². The Labute approximate surface area is 83.3 Å². The van der Waals surface area contributed by atoms with E-state index in [1.165, 1.54) is 6.07 Å². The topological polar surface area (TPSA) is 38.9 Å². The molecule has 72 valence electrons. The highest BCUT2D eigenvalue weighted by Crippen LogP contribution is 2.25. The lowest BCUT2D eigenvalue weighted by Crippen LogP contribution is -2.02. The van der Waals surface area contributed by atoms with Gasteiger partial charge >= 0.3 is 0 Å². The van der Waals surface area contributed by atoms with Gasteiger partial charge in [0, 0.05) is 16.6 Å². The first-order valence-electron chi connectivity index (χ1n) is 3.66. The maximum Gasteiger partial charge on any atom is 0.265 e. The number of nitrogen functional groups attached to an aromatic ring is 1. The third kappa shape index (κ3) is 2.15. The monoisotopic (exact) mass is 250 g/mol. The van der Waals surface area contributed by atoms with Crippen LogP contribution in [-0.2, 0) is 5.33 Å². The lowest BCUT2D eigenvalue weighted by Gasteiger charge is -2.08. The Kier molecular flexibility index (Phi) is 3.19. The lowest BCUT2D eigenvalue weighted by molar-refractivity contribution is 0.150. The summed E-state index contributed by atoms with van der Waals surface area (Å²) in [7, 11) is 0. The van der Waals surface area contributed by atoms with E-state index in [2.05, 4.69) is 20.9 Å². The van der Waals surface area contributed by atoms with Crippen LogP contribution in [0.1, 0.15) is 23.4 Å². The van der Waals surface area contributed by atoms with Crippen molar-refractivity contribution in [2.24, 2.45) is 0 Å². The summed E-state index contributed by atoms with van der Waals surface area (Å²) in [5.41, 5.74) is 6.65. The Hall–Kier alpha value is -0.710. The van der Waals surface area contributed by atoms with Crippen molar-refractivity contribution in [3.8, 4) is 0 Å². The van der Waals surface area contributed by atoms with Crippen LogP contribution in [0.4, 0.5) is 14.5 Å². The molecular weight excluding hydrogens is 242 g/mol. The summed E-state index contributed by atoms with van der Waals surface area (Å²) < 4.78 is 24.7.